The van der Waals surface area contributed by atoms with Crippen LogP contribution in [0.1, 0.15) is 5.56 Å². The van der Waals surface area contributed by atoms with Crippen molar-refractivity contribution in [2.45, 2.75) is 6.42 Å². The summed E-state index contributed by atoms with van der Waals surface area (Å²) >= 11 is 1.53. The molecule has 2 rings (SSSR count). The number of thioether (sulfide) groups is 1. The summed E-state index contributed by atoms with van der Waals surface area (Å²) in [7, 11) is 1.65. The van der Waals surface area contributed by atoms with E-state index in [0.717, 1.165) is 17.9 Å². The molecule has 1 aliphatic heterocycles. The largest absolute Gasteiger partial charge is 0.497 e. The Bertz CT molecular complexity index is 450. The Morgan fingerprint density at radius 2 is 2.42 bits per heavy atom. The van der Waals surface area contributed by atoms with Crippen molar-refractivity contribution in [2.24, 2.45) is 5.92 Å². The molecule has 0 unspecified atom stereocenters. The van der Waals surface area contributed by atoms with Crippen molar-refractivity contribution >= 4 is 17.7 Å². The Balaban J connectivity index is 1.89. The smallest absolute Gasteiger partial charge is 0.229 e. The van der Waals surface area contributed by atoms with E-state index >= 15 is 0 Å². The van der Waals surface area contributed by atoms with Gasteiger partial charge in [0.1, 0.15) is 11.5 Å². The predicted octanol–water partition coefficient (Wildman–Crippen LogP) is 1.73. The van der Waals surface area contributed by atoms with Gasteiger partial charge in [-0.1, -0.05) is 6.07 Å². The zero-order chi connectivity index (χ0) is 13.7. The van der Waals surface area contributed by atoms with Crippen LogP contribution in [0.15, 0.2) is 18.2 Å². The summed E-state index contributed by atoms with van der Waals surface area (Å²) in [5.74, 6) is 2.65. The standard InChI is InChI=1S/C14H19NO3S/c1-17-12-4-3-11-5-10(8-18-13(11)6-12)7-15-14(16)9-19-2/h3-4,6,10H,5,7-9H2,1-2H3,(H,15,16)/t10-/m0/s1. The fourth-order valence-corrected chi connectivity index (χ4v) is 2.48. The molecule has 0 bridgehead atoms. The third-order valence-corrected chi connectivity index (χ3v) is 3.67. The lowest BCUT2D eigenvalue weighted by Crippen LogP contribution is -2.35. The van der Waals surface area contributed by atoms with Gasteiger partial charge in [-0.25, -0.2) is 0 Å². The highest BCUT2D eigenvalue weighted by molar-refractivity contribution is 7.99. The summed E-state index contributed by atoms with van der Waals surface area (Å²) < 4.78 is 10.9. The number of ether oxygens (including phenoxy) is 2. The van der Waals surface area contributed by atoms with E-state index in [2.05, 4.69) is 5.32 Å². The van der Waals surface area contributed by atoms with Gasteiger partial charge in [0.2, 0.25) is 5.91 Å². The van der Waals surface area contributed by atoms with Crippen molar-refractivity contribution in [1.29, 1.82) is 0 Å². The zero-order valence-corrected chi connectivity index (χ0v) is 12.1. The number of carbonyl (C=O) groups is 1. The van der Waals surface area contributed by atoms with Crippen molar-refractivity contribution in [3.8, 4) is 11.5 Å². The maximum atomic E-state index is 11.4. The van der Waals surface area contributed by atoms with E-state index in [1.807, 2.05) is 24.5 Å². The summed E-state index contributed by atoms with van der Waals surface area (Å²) in [6, 6.07) is 5.89. The van der Waals surface area contributed by atoms with Crippen LogP contribution >= 0.6 is 11.8 Å². The van der Waals surface area contributed by atoms with Crippen LogP contribution in [0.2, 0.25) is 0 Å². The van der Waals surface area contributed by atoms with E-state index in [1.54, 1.807) is 7.11 Å². The van der Waals surface area contributed by atoms with Crippen molar-refractivity contribution < 1.29 is 14.3 Å². The first-order chi connectivity index (χ1) is 9.22. The number of hydrogen-bond acceptors (Lipinski definition) is 4. The van der Waals surface area contributed by atoms with Crippen LogP contribution in [0.5, 0.6) is 11.5 Å². The van der Waals surface area contributed by atoms with E-state index in [0.29, 0.717) is 24.8 Å². The van der Waals surface area contributed by atoms with E-state index in [-0.39, 0.29) is 5.91 Å². The summed E-state index contributed by atoms with van der Waals surface area (Å²) in [6.45, 7) is 1.31. The van der Waals surface area contributed by atoms with Gasteiger partial charge in [0.15, 0.2) is 0 Å². The first kappa shape index (κ1) is 14.1. The Morgan fingerprint density at radius 3 is 3.16 bits per heavy atom. The number of hydrogen-bond donors (Lipinski definition) is 1. The van der Waals surface area contributed by atoms with Crippen molar-refractivity contribution in [3.05, 3.63) is 23.8 Å². The van der Waals surface area contributed by atoms with Gasteiger partial charge in [0.25, 0.3) is 0 Å². The van der Waals surface area contributed by atoms with Crippen molar-refractivity contribution in [3.63, 3.8) is 0 Å². The minimum absolute atomic E-state index is 0.0908. The third-order valence-electron chi connectivity index (χ3n) is 3.12. The average molecular weight is 281 g/mol. The molecule has 0 saturated heterocycles. The molecule has 4 nitrogen and oxygen atoms in total. The van der Waals surface area contributed by atoms with Crippen molar-refractivity contribution in [1.82, 2.24) is 5.32 Å². The molecule has 104 valence electrons. The Hall–Kier alpha value is -1.36. The number of nitrogens with one attached hydrogen (secondary N) is 1. The molecule has 0 aliphatic carbocycles. The Kier molecular flexibility index (Phi) is 4.96. The van der Waals surface area contributed by atoms with Gasteiger partial charge in [0, 0.05) is 18.5 Å². The van der Waals surface area contributed by atoms with Crippen molar-refractivity contribution in [2.75, 3.05) is 32.3 Å². The molecule has 1 N–H and O–H groups in total. The number of carbonyl (C=O) groups excluding carboxylic acids is 1. The molecule has 0 aromatic heterocycles. The third kappa shape index (κ3) is 3.80. The summed E-state index contributed by atoms with van der Waals surface area (Å²) in [6.07, 6.45) is 2.85. The molecule has 1 amide bonds. The van der Waals surface area contributed by atoms with Gasteiger partial charge in [-0.3, -0.25) is 4.79 Å². The number of fused-ring (bicyclic) bond motifs is 1. The van der Waals surface area contributed by atoms with Gasteiger partial charge in [-0.05, 0) is 24.3 Å². The first-order valence-corrected chi connectivity index (χ1v) is 7.67. The summed E-state index contributed by atoms with van der Waals surface area (Å²) in [4.78, 5) is 11.4. The quantitative estimate of drug-likeness (QED) is 0.893. The van der Waals surface area contributed by atoms with Gasteiger partial charge >= 0.3 is 0 Å². The highest BCUT2D eigenvalue weighted by atomic mass is 32.2. The van der Waals surface area contributed by atoms with E-state index < -0.39 is 0 Å². The summed E-state index contributed by atoms with van der Waals surface area (Å²) in [5.41, 5.74) is 1.18. The maximum absolute atomic E-state index is 11.4. The number of benzene rings is 1. The summed E-state index contributed by atoms with van der Waals surface area (Å²) in [5, 5.41) is 2.94. The normalized spacial score (nSPS) is 17.3. The minimum Gasteiger partial charge on any atom is -0.497 e. The Labute approximate surface area is 117 Å². The van der Waals surface area contributed by atoms with Crippen LogP contribution in [-0.2, 0) is 11.2 Å². The lowest BCUT2D eigenvalue weighted by atomic mass is 9.96. The van der Waals surface area contributed by atoms with E-state index in [9.17, 15) is 4.79 Å². The van der Waals surface area contributed by atoms with Crippen LogP contribution in [0.25, 0.3) is 0 Å². The first-order valence-electron chi connectivity index (χ1n) is 6.28. The zero-order valence-electron chi connectivity index (χ0n) is 11.3. The fraction of sp³-hybridized carbons (Fsp3) is 0.500. The van der Waals surface area contributed by atoms with Crippen LogP contribution in [-0.4, -0.2) is 38.2 Å². The van der Waals surface area contributed by atoms with Crippen LogP contribution in [0.4, 0.5) is 0 Å². The molecule has 1 heterocycles. The molecule has 0 fully saturated rings. The highest BCUT2D eigenvalue weighted by Crippen LogP contribution is 2.30. The lowest BCUT2D eigenvalue weighted by Gasteiger charge is -2.25. The molecule has 5 heteroatoms. The SMILES string of the molecule is COc1ccc2c(c1)OC[C@H](CNC(=O)CSC)C2. The number of rotatable bonds is 5. The topological polar surface area (TPSA) is 47.6 Å². The van der Waals surface area contributed by atoms with Gasteiger partial charge in [0.05, 0.1) is 19.5 Å². The van der Waals surface area contributed by atoms with Crippen LogP contribution in [0.3, 0.4) is 0 Å². The fourth-order valence-electron chi connectivity index (χ4n) is 2.11. The maximum Gasteiger partial charge on any atom is 0.229 e. The van der Waals surface area contributed by atoms with Gasteiger partial charge in [-0.15, -0.1) is 0 Å². The Morgan fingerprint density at radius 1 is 1.58 bits per heavy atom. The molecule has 0 saturated carbocycles. The van der Waals surface area contributed by atoms with E-state index in [4.69, 9.17) is 9.47 Å². The molecular weight excluding hydrogens is 262 g/mol. The van der Waals surface area contributed by atoms with Gasteiger partial charge in [-0.2, -0.15) is 11.8 Å². The number of amides is 1. The molecule has 0 spiro atoms. The second kappa shape index (κ2) is 6.70. The lowest BCUT2D eigenvalue weighted by molar-refractivity contribution is -0.118. The van der Waals surface area contributed by atoms with Crippen LogP contribution < -0.4 is 14.8 Å². The van der Waals surface area contributed by atoms with E-state index in [1.165, 1.54) is 17.3 Å². The second-order valence-electron chi connectivity index (χ2n) is 4.59. The molecule has 1 aromatic carbocycles. The molecule has 1 aromatic rings. The molecule has 0 radical (unpaired) electrons. The monoisotopic (exact) mass is 281 g/mol. The number of methoxy groups -OCH3 is 1. The minimum atomic E-state index is 0.0908. The molecule has 1 aliphatic rings. The molecule has 19 heavy (non-hydrogen) atoms. The van der Waals surface area contributed by atoms with Crippen LogP contribution in [0, 0.1) is 5.92 Å². The highest BCUT2D eigenvalue weighted by Gasteiger charge is 2.20. The average Bonchev–Trinajstić information content (AvgIpc) is 2.44. The van der Waals surface area contributed by atoms with Gasteiger partial charge < -0.3 is 14.8 Å². The molecular formula is C14H19NO3S. The second-order valence-corrected chi connectivity index (χ2v) is 5.46. The predicted molar refractivity (Wildman–Crippen MR) is 77.1 cm³/mol. The molecule has 1 atom stereocenters.